The van der Waals surface area contributed by atoms with Crippen LogP contribution in [-0.2, 0) is 10.0 Å². The van der Waals surface area contributed by atoms with Crippen LogP contribution in [0.2, 0.25) is 0 Å². The number of hydrogen-bond acceptors (Lipinski definition) is 5. The number of Topliss-reactive ketones (excluding diaryl/α,β-unsaturated/α-hetero) is 1. The standard InChI is InChI=1S/C20H20N2O4S/c1-12-5-6-17(20-13(2)21-26-15(20)4)11-19(12)27(24,25)22-18-9-7-16(8-10-18)14(3)23/h5-11,22H,1-4H3. The molecule has 0 bridgehead atoms. The van der Waals surface area contributed by atoms with Crippen LogP contribution in [0.4, 0.5) is 5.69 Å². The molecule has 2 aromatic carbocycles. The van der Waals surface area contributed by atoms with E-state index in [1.807, 2.05) is 13.0 Å². The van der Waals surface area contributed by atoms with Gasteiger partial charge >= 0.3 is 0 Å². The van der Waals surface area contributed by atoms with E-state index in [0.29, 0.717) is 28.3 Å². The lowest BCUT2D eigenvalue weighted by atomic mass is 10.0. The summed E-state index contributed by atoms with van der Waals surface area (Å²) in [6.45, 7) is 6.81. The number of ketones is 1. The molecule has 0 atom stereocenters. The molecule has 0 aliphatic rings. The van der Waals surface area contributed by atoms with Gasteiger partial charge in [-0.05, 0) is 69.2 Å². The predicted molar refractivity (Wildman–Crippen MR) is 103 cm³/mol. The van der Waals surface area contributed by atoms with Crippen molar-refractivity contribution < 1.29 is 17.7 Å². The molecule has 140 valence electrons. The van der Waals surface area contributed by atoms with Crippen molar-refractivity contribution in [2.75, 3.05) is 4.72 Å². The van der Waals surface area contributed by atoms with Gasteiger partial charge in [-0.15, -0.1) is 0 Å². The van der Waals surface area contributed by atoms with E-state index in [4.69, 9.17) is 4.52 Å². The van der Waals surface area contributed by atoms with E-state index in [9.17, 15) is 13.2 Å². The highest BCUT2D eigenvalue weighted by Crippen LogP contribution is 2.30. The molecule has 0 amide bonds. The molecule has 0 radical (unpaired) electrons. The van der Waals surface area contributed by atoms with Crippen molar-refractivity contribution in [2.24, 2.45) is 0 Å². The molecular weight excluding hydrogens is 364 g/mol. The van der Waals surface area contributed by atoms with Gasteiger partial charge in [0.2, 0.25) is 0 Å². The molecule has 0 aliphatic carbocycles. The predicted octanol–water partition coefficient (Wildman–Crippen LogP) is 4.27. The van der Waals surface area contributed by atoms with Gasteiger partial charge in [0.05, 0.1) is 10.6 Å². The maximum absolute atomic E-state index is 12.9. The second kappa shape index (κ2) is 7.00. The topological polar surface area (TPSA) is 89.3 Å². The number of nitrogens with zero attached hydrogens (tertiary/aromatic N) is 1. The van der Waals surface area contributed by atoms with Gasteiger partial charge in [-0.25, -0.2) is 8.42 Å². The van der Waals surface area contributed by atoms with Gasteiger partial charge < -0.3 is 4.52 Å². The second-order valence-electron chi connectivity index (χ2n) is 6.42. The normalized spacial score (nSPS) is 11.4. The average Bonchev–Trinajstić information content (AvgIpc) is 2.94. The van der Waals surface area contributed by atoms with Crippen LogP contribution >= 0.6 is 0 Å². The molecule has 0 unspecified atom stereocenters. The molecule has 0 spiro atoms. The number of aryl methyl sites for hydroxylation is 3. The highest BCUT2D eigenvalue weighted by molar-refractivity contribution is 7.92. The molecular formula is C20H20N2O4S. The Morgan fingerprint density at radius 3 is 2.26 bits per heavy atom. The number of sulfonamides is 1. The quantitative estimate of drug-likeness (QED) is 0.664. The van der Waals surface area contributed by atoms with Crippen molar-refractivity contribution in [3.8, 4) is 11.1 Å². The highest BCUT2D eigenvalue weighted by atomic mass is 32.2. The summed E-state index contributed by atoms with van der Waals surface area (Å²) in [5.41, 5.74) is 3.75. The van der Waals surface area contributed by atoms with E-state index in [2.05, 4.69) is 9.88 Å². The molecule has 3 rings (SSSR count). The molecule has 0 saturated carbocycles. The lowest BCUT2D eigenvalue weighted by molar-refractivity contribution is 0.101. The van der Waals surface area contributed by atoms with Crippen molar-refractivity contribution in [3.63, 3.8) is 0 Å². The van der Waals surface area contributed by atoms with Gasteiger partial charge in [-0.1, -0.05) is 17.3 Å². The van der Waals surface area contributed by atoms with E-state index in [1.54, 1.807) is 50.2 Å². The Kier molecular flexibility index (Phi) is 4.89. The first-order chi connectivity index (χ1) is 12.7. The third-order valence-corrected chi connectivity index (χ3v) is 5.87. The zero-order valence-corrected chi connectivity index (χ0v) is 16.3. The van der Waals surface area contributed by atoms with Crippen LogP contribution in [0.15, 0.2) is 51.9 Å². The Bertz CT molecular complexity index is 1090. The van der Waals surface area contributed by atoms with Gasteiger partial charge in [-0.2, -0.15) is 0 Å². The van der Waals surface area contributed by atoms with Gasteiger partial charge in [0.1, 0.15) is 5.76 Å². The van der Waals surface area contributed by atoms with E-state index in [-0.39, 0.29) is 10.7 Å². The first-order valence-corrected chi connectivity index (χ1v) is 9.85. The van der Waals surface area contributed by atoms with Gasteiger partial charge in [-0.3, -0.25) is 9.52 Å². The van der Waals surface area contributed by atoms with Crippen molar-refractivity contribution in [1.82, 2.24) is 5.16 Å². The van der Waals surface area contributed by atoms with Crippen LogP contribution < -0.4 is 4.72 Å². The highest BCUT2D eigenvalue weighted by Gasteiger charge is 2.20. The molecule has 1 aromatic heterocycles. The number of anilines is 1. The number of carbonyl (C=O) groups is 1. The summed E-state index contributed by atoms with van der Waals surface area (Å²) in [6, 6.07) is 11.6. The van der Waals surface area contributed by atoms with Crippen molar-refractivity contribution in [1.29, 1.82) is 0 Å². The van der Waals surface area contributed by atoms with Crippen molar-refractivity contribution in [3.05, 3.63) is 65.0 Å². The van der Waals surface area contributed by atoms with E-state index >= 15 is 0 Å². The number of hydrogen-bond donors (Lipinski definition) is 1. The monoisotopic (exact) mass is 384 g/mol. The van der Waals surface area contributed by atoms with Crippen LogP contribution in [0.25, 0.3) is 11.1 Å². The second-order valence-corrected chi connectivity index (χ2v) is 8.07. The Morgan fingerprint density at radius 2 is 1.70 bits per heavy atom. The largest absolute Gasteiger partial charge is 0.361 e. The molecule has 1 N–H and O–H groups in total. The minimum Gasteiger partial charge on any atom is -0.361 e. The Labute approximate surface area is 158 Å². The molecule has 0 saturated heterocycles. The maximum Gasteiger partial charge on any atom is 0.262 e. The molecule has 0 aliphatic heterocycles. The summed E-state index contributed by atoms with van der Waals surface area (Å²) in [6.07, 6.45) is 0. The van der Waals surface area contributed by atoms with Crippen molar-refractivity contribution >= 4 is 21.5 Å². The summed E-state index contributed by atoms with van der Waals surface area (Å²) in [7, 11) is -3.80. The van der Waals surface area contributed by atoms with Crippen LogP contribution in [0, 0.1) is 20.8 Å². The SMILES string of the molecule is CC(=O)c1ccc(NS(=O)(=O)c2cc(-c3c(C)noc3C)ccc2C)cc1. The fourth-order valence-electron chi connectivity index (χ4n) is 2.92. The summed E-state index contributed by atoms with van der Waals surface area (Å²) < 4.78 is 33.6. The van der Waals surface area contributed by atoms with Crippen LogP contribution in [0.3, 0.4) is 0 Å². The number of aromatic nitrogens is 1. The zero-order chi connectivity index (χ0) is 19.8. The first kappa shape index (κ1) is 18.8. The number of benzene rings is 2. The lowest BCUT2D eigenvalue weighted by Gasteiger charge is -2.12. The molecule has 6 nitrogen and oxygen atoms in total. The fraction of sp³-hybridized carbons (Fsp3) is 0.200. The Hall–Kier alpha value is -2.93. The Morgan fingerprint density at radius 1 is 1.04 bits per heavy atom. The number of rotatable bonds is 5. The minimum absolute atomic E-state index is 0.0765. The summed E-state index contributed by atoms with van der Waals surface area (Å²) in [5.74, 6) is 0.555. The number of carbonyl (C=O) groups excluding carboxylic acids is 1. The summed E-state index contributed by atoms with van der Waals surface area (Å²) in [4.78, 5) is 11.5. The van der Waals surface area contributed by atoms with Gasteiger partial charge in [0.25, 0.3) is 10.0 Å². The van der Waals surface area contributed by atoms with Gasteiger partial charge in [0.15, 0.2) is 5.78 Å². The molecule has 27 heavy (non-hydrogen) atoms. The summed E-state index contributed by atoms with van der Waals surface area (Å²) >= 11 is 0. The third kappa shape index (κ3) is 3.78. The van der Waals surface area contributed by atoms with Crippen LogP contribution in [0.5, 0.6) is 0 Å². The molecule has 0 fully saturated rings. The van der Waals surface area contributed by atoms with Gasteiger partial charge in [0, 0.05) is 16.8 Å². The van der Waals surface area contributed by atoms with Crippen molar-refractivity contribution in [2.45, 2.75) is 32.6 Å². The fourth-order valence-corrected chi connectivity index (χ4v) is 4.25. The zero-order valence-electron chi connectivity index (χ0n) is 15.5. The number of nitrogens with one attached hydrogen (secondary N) is 1. The van der Waals surface area contributed by atoms with Crippen LogP contribution in [-0.4, -0.2) is 19.4 Å². The average molecular weight is 384 g/mol. The maximum atomic E-state index is 12.9. The summed E-state index contributed by atoms with van der Waals surface area (Å²) in [5, 5.41) is 3.93. The van der Waals surface area contributed by atoms with E-state index in [0.717, 1.165) is 11.1 Å². The Balaban J connectivity index is 1.99. The van der Waals surface area contributed by atoms with E-state index in [1.165, 1.54) is 6.92 Å². The molecule has 1 heterocycles. The molecule has 3 aromatic rings. The minimum atomic E-state index is -3.80. The first-order valence-electron chi connectivity index (χ1n) is 8.37. The van der Waals surface area contributed by atoms with E-state index < -0.39 is 10.0 Å². The lowest BCUT2D eigenvalue weighted by Crippen LogP contribution is -2.14. The smallest absolute Gasteiger partial charge is 0.262 e. The molecule has 7 heteroatoms. The van der Waals surface area contributed by atoms with Crippen LogP contribution in [0.1, 0.15) is 34.3 Å². The third-order valence-electron chi connectivity index (χ3n) is 4.34.